The number of halogens is 1. The number of aryl methyl sites for hydroxylation is 1. The fourth-order valence-electron chi connectivity index (χ4n) is 4.63. The number of hydrogen-bond donors (Lipinski definition) is 3. The van der Waals surface area contributed by atoms with Gasteiger partial charge in [0, 0.05) is 6.54 Å². The molecule has 0 radical (unpaired) electrons. The Morgan fingerprint density at radius 2 is 1.55 bits per heavy atom. The summed E-state index contributed by atoms with van der Waals surface area (Å²) in [6.45, 7) is 0.439. The molecule has 164 valence electrons. The van der Waals surface area contributed by atoms with Gasteiger partial charge in [-0.15, -0.1) is 0 Å². The monoisotopic (exact) mass is 439 g/mol. The number of carbonyl (C=O) groups excluding carboxylic acids is 1. The summed E-state index contributed by atoms with van der Waals surface area (Å²) >= 11 is 0. The fraction of sp³-hybridized carbons (Fsp3) is 0.148. The summed E-state index contributed by atoms with van der Waals surface area (Å²) in [4.78, 5) is 12.3. The highest BCUT2D eigenvalue weighted by Gasteiger charge is 2.17. The van der Waals surface area contributed by atoms with Gasteiger partial charge in [-0.1, -0.05) is 60.7 Å². The molecule has 6 heteroatoms. The maximum atomic E-state index is 14.1. The maximum absolute atomic E-state index is 14.1. The number of carbonyl (C=O) groups is 1. The quantitative estimate of drug-likeness (QED) is 0.203. The lowest BCUT2D eigenvalue weighted by atomic mass is 9.80. The van der Waals surface area contributed by atoms with Crippen LogP contribution in [0.5, 0.6) is 0 Å². The van der Waals surface area contributed by atoms with E-state index in [2.05, 4.69) is 59.9 Å². The Bertz CT molecular complexity index is 1450. The third kappa shape index (κ3) is 4.04. The minimum Gasteiger partial charge on any atom is -0.423 e. The van der Waals surface area contributed by atoms with Crippen molar-refractivity contribution < 1.29 is 19.2 Å². The van der Waals surface area contributed by atoms with Gasteiger partial charge in [-0.3, -0.25) is 4.79 Å². The molecule has 0 unspecified atom stereocenters. The normalized spacial score (nSPS) is 11.5. The van der Waals surface area contributed by atoms with E-state index in [1.165, 1.54) is 50.0 Å². The molecule has 5 aromatic carbocycles. The van der Waals surface area contributed by atoms with E-state index < -0.39 is 18.8 Å². The van der Waals surface area contributed by atoms with Gasteiger partial charge in [-0.05, 0) is 74.7 Å². The van der Waals surface area contributed by atoms with Gasteiger partial charge in [0.15, 0.2) is 0 Å². The molecular formula is C27H23BFNO3. The highest BCUT2D eigenvalue weighted by Crippen LogP contribution is 2.36. The van der Waals surface area contributed by atoms with E-state index in [0.29, 0.717) is 6.54 Å². The van der Waals surface area contributed by atoms with Crippen LogP contribution in [0.3, 0.4) is 0 Å². The molecule has 0 atom stereocenters. The number of amides is 1. The third-order valence-corrected chi connectivity index (χ3v) is 6.31. The van der Waals surface area contributed by atoms with Crippen LogP contribution in [-0.2, 0) is 6.42 Å². The van der Waals surface area contributed by atoms with Crippen molar-refractivity contribution in [2.45, 2.75) is 19.3 Å². The fourth-order valence-corrected chi connectivity index (χ4v) is 4.63. The molecular weight excluding hydrogens is 416 g/mol. The van der Waals surface area contributed by atoms with Crippen molar-refractivity contribution in [2.24, 2.45) is 0 Å². The smallest absolute Gasteiger partial charge is 0.423 e. The number of hydrogen-bond acceptors (Lipinski definition) is 3. The molecule has 5 aromatic rings. The van der Waals surface area contributed by atoms with Gasteiger partial charge in [0.05, 0.1) is 5.56 Å². The molecule has 0 aliphatic carbocycles. The summed E-state index contributed by atoms with van der Waals surface area (Å²) in [5, 5.41) is 28.6. The van der Waals surface area contributed by atoms with Crippen molar-refractivity contribution in [1.29, 1.82) is 0 Å². The zero-order valence-corrected chi connectivity index (χ0v) is 18.0. The van der Waals surface area contributed by atoms with Crippen LogP contribution in [0.15, 0.2) is 72.8 Å². The lowest BCUT2D eigenvalue weighted by Crippen LogP contribution is -2.31. The second-order valence-electron chi connectivity index (χ2n) is 8.41. The maximum Gasteiger partial charge on any atom is 0.488 e. The first-order valence-electron chi connectivity index (χ1n) is 11.1. The minimum atomic E-state index is -1.77. The summed E-state index contributed by atoms with van der Waals surface area (Å²) in [6, 6.07) is 23.1. The van der Waals surface area contributed by atoms with Gasteiger partial charge in [0.1, 0.15) is 5.82 Å². The van der Waals surface area contributed by atoms with Crippen molar-refractivity contribution in [1.82, 2.24) is 5.32 Å². The number of benzene rings is 5. The van der Waals surface area contributed by atoms with Crippen LogP contribution in [-0.4, -0.2) is 29.6 Å². The van der Waals surface area contributed by atoms with Crippen molar-refractivity contribution in [3.63, 3.8) is 0 Å². The van der Waals surface area contributed by atoms with Crippen molar-refractivity contribution in [3.05, 3.63) is 89.7 Å². The Morgan fingerprint density at radius 1 is 0.848 bits per heavy atom. The van der Waals surface area contributed by atoms with Gasteiger partial charge in [0.25, 0.3) is 5.91 Å². The molecule has 1 amide bonds. The number of rotatable bonds is 7. The van der Waals surface area contributed by atoms with Crippen LogP contribution < -0.4 is 10.8 Å². The van der Waals surface area contributed by atoms with Gasteiger partial charge in [-0.25, -0.2) is 4.39 Å². The lowest BCUT2D eigenvalue weighted by Gasteiger charge is -2.14. The number of unbranched alkanes of at least 4 members (excludes halogenated alkanes) is 1. The molecule has 0 heterocycles. The summed E-state index contributed by atoms with van der Waals surface area (Å²) < 4.78 is 14.1. The van der Waals surface area contributed by atoms with E-state index >= 15 is 0 Å². The molecule has 0 spiro atoms. The summed E-state index contributed by atoms with van der Waals surface area (Å²) in [5.41, 5.74) is 1.19. The molecule has 0 aliphatic heterocycles. The minimum absolute atomic E-state index is 0.0114. The van der Waals surface area contributed by atoms with E-state index in [0.717, 1.165) is 25.3 Å². The van der Waals surface area contributed by atoms with E-state index in [1.54, 1.807) is 0 Å². The average molecular weight is 439 g/mol. The van der Waals surface area contributed by atoms with Crippen LogP contribution in [0.25, 0.3) is 32.3 Å². The highest BCUT2D eigenvalue weighted by atomic mass is 19.1. The predicted molar refractivity (Wildman–Crippen MR) is 132 cm³/mol. The van der Waals surface area contributed by atoms with Crippen molar-refractivity contribution in [2.75, 3.05) is 6.54 Å². The number of nitrogens with one attached hydrogen (secondary N) is 1. The Kier molecular flexibility index (Phi) is 5.71. The largest absolute Gasteiger partial charge is 0.488 e. The Hall–Kier alpha value is -3.48. The zero-order valence-electron chi connectivity index (χ0n) is 18.0. The van der Waals surface area contributed by atoms with Gasteiger partial charge in [0.2, 0.25) is 0 Å². The van der Waals surface area contributed by atoms with E-state index in [4.69, 9.17) is 10.0 Å². The van der Waals surface area contributed by atoms with Crippen LogP contribution >= 0.6 is 0 Å². The molecule has 4 nitrogen and oxygen atoms in total. The summed E-state index contributed by atoms with van der Waals surface area (Å²) in [6.07, 6.45) is 2.55. The lowest BCUT2D eigenvalue weighted by molar-refractivity contribution is 0.0949. The standard InChI is InChI=1S/C27H23BFNO3/c29-24-16-21(28(32)33)12-14-23(24)27(31)30-15-2-1-4-17-7-8-20-10-9-18-5-3-6-19-11-13-22(17)26(20)25(18)19/h3,5-14,16,32-33H,1-2,4,15H2,(H,30,31). The molecule has 0 bridgehead atoms. The van der Waals surface area contributed by atoms with Gasteiger partial charge >= 0.3 is 7.12 Å². The first kappa shape index (κ1) is 21.4. The van der Waals surface area contributed by atoms with Crippen LogP contribution in [0.4, 0.5) is 4.39 Å². The van der Waals surface area contributed by atoms with E-state index in [1.807, 2.05) is 0 Å². The predicted octanol–water partition coefficient (Wildman–Crippen LogP) is 4.16. The van der Waals surface area contributed by atoms with Crippen LogP contribution in [0, 0.1) is 5.82 Å². The van der Waals surface area contributed by atoms with Gasteiger partial charge < -0.3 is 15.4 Å². The average Bonchev–Trinajstić information content (AvgIpc) is 2.82. The van der Waals surface area contributed by atoms with Crippen molar-refractivity contribution >= 4 is 50.8 Å². The summed E-state index contributed by atoms with van der Waals surface area (Å²) in [5.74, 6) is -1.28. The topological polar surface area (TPSA) is 69.6 Å². The van der Waals surface area contributed by atoms with E-state index in [9.17, 15) is 9.18 Å². The molecule has 5 rings (SSSR count). The second kappa shape index (κ2) is 8.81. The second-order valence-corrected chi connectivity index (χ2v) is 8.41. The molecule has 0 aromatic heterocycles. The molecule has 33 heavy (non-hydrogen) atoms. The zero-order chi connectivity index (χ0) is 22.9. The van der Waals surface area contributed by atoms with Crippen LogP contribution in [0.1, 0.15) is 28.8 Å². The van der Waals surface area contributed by atoms with E-state index in [-0.39, 0.29) is 11.0 Å². The van der Waals surface area contributed by atoms with Crippen LogP contribution in [0.2, 0.25) is 0 Å². The molecule has 0 aliphatic rings. The molecule has 0 saturated heterocycles. The third-order valence-electron chi connectivity index (χ3n) is 6.31. The Morgan fingerprint density at radius 3 is 2.27 bits per heavy atom. The first-order valence-corrected chi connectivity index (χ1v) is 11.1. The van der Waals surface area contributed by atoms with Crippen molar-refractivity contribution in [3.8, 4) is 0 Å². The highest BCUT2D eigenvalue weighted by molar-refractivity contribution is 6.58. The molecule has 0 fully saturated rings. The first-order chi connectivity index (χ1) is 16.0. The molecule has 0 saturated carbocycles. The Labute approximate surface area is 191 Å². The van der Waals surface area contributed by atoms with Gasteiger partial charge in [-0.2, -0.15) is 0 Å². The SMILES string of the molecule is O=C(NCCCCc1ccc2ccc3cccc4ccc1c2c34)c1ccc(B(O)O)cc1F. The summed E-state index contributed by atoms with van der Waals surface area (Å²) in [7, 11) is -1.77. The Balaban J connectivity index is 1.24. The molecule has 3 N–H and O–H groups in total.